The molecule has 222 valence electrons. The van der Waals surface area contributed by atoms with Gasteiger partial charge in [0.15, 0.2) is 5.82 Å². The minimum Gasteiger partial charge on any atom is -0.342 e. The molecule has 2 N–H and O–H groups in total. The fourth-order valence-corrected chi connectivity index (χ4v) is 5.03. The van der Waals surface area contributed by atoms with Crippen LogP contribution in [0.1, 0.15) is 67.4 Å². The molecule has 3 rings (SSSR count). The summed E-state index contributed by atoms with van der Waals surface area (Å²) in [6.07, 6.45) is 10.2. The Bertz CT molecular complexity index is 1430. The smallest absolute Gasteiger partial charge is 0.229 e. The van der Waals surface area contributed by atoms with E-state index in [-0.39, 0.29) is 11.8 Å². The Morgan fingerprint density at radius 2 is 1.81 bits per heavy atom. The van der Waals surface area contributed by atoms with E-state index in [1.54, 1.807) is 17.9 Å². The molecule has 0 bridgehead atoms. The number of rotatable bonds is 15. The molecule has 0 saturated heterocycles. The van der Waals surface area contributed by atoms with Crippen LogP contribution in [0.15, 0.2) is 66.4 Å². The molecule has 0 radical (unpaired) electrons. The molecule has 3 aromatic rings. The molecule has 2 aromatic heterocycles. The van der Waals surface area contributed by atoms with Gasteiger partial charge < -0.3 is 15.5 Å². The highest BCUT2D eigenvalue weighted by molar-refractivity contribution is 7.15. The minimum absolute atomic E-state index is 0.0438. The highest BCUT2D eigenvalue weighted by atomic mass is 32.1. The van der Waals surface area contributed by atoms with Crippen molar-refractivity contribution in [2.24, 2.45) is 0 Å². The fraction of sp³-hybridized carbons (Fsp3) is 0.375. The van der Waals surface area contributed by atoms with Crippen LogP contribution in [0.25, 0.3) is 0 Å². The van der Waals surface area contributed by atoms with Crippen LogP contribution in [0.5, 0.6) is 0 Å². The molecule has 2 amide bonds. The average molecular weight is 588 g/mol. The highest BCUT2D eigenvalue weighted by Gasteiger charge is 2.10. The predicted molar refractivity (Wildman–Crippen MR) is 170 cm³/mol. The van der Waals surface area contributed by atoms with E-state index in [4.69, 9.17) is 0 Å². The number of hydrogen-bond donors (Lipinski definition) is 2. The van der Waals surface area contributed by atoms with Crippen LogP contribution in [-0.4, -0.2) is 44.2 Å². The lowest BCUT2D eigenvalue weighted by atomic mass is 10.0. The number of benzene rings is 1. The Balaban J connectivity index is 1.40. The third-order valence-electron chi connectivity index (χ3n) is 6.70. The van der Waals surface area contributed by atoms with Crippen LogP contribution in [0.2, 0.25) is 0 Å². The van der Waals surface area contributed by atoms with Crippen LogP contribution in [-0.2, 0) is 35.4 Å². The van der Waals surface area contributed by atoms with Crippen LogP contribution in [0.3, 0.4) is 0 Å². The molecule has 0 atom stereocenters. The van der Waals surface area contributed by atoms with Gasteiger partial charge in [-0.3, -0.25) is 9.59 Å². The number of nitrogens with zero attached hydrogens (tertiary/aromatic N) is 5. The Labute approximate surface area is 252 Å². The zero-order valence-electron chi connectivity index (χ0n) is 25.2. The summed E-state index contributed by atoms with van der Waals surface area (Å²) in [5.74, 6) is 0.386. The van der Waals surface area contributed by atoms with Crippen LogP contribution < -0.4 is 10.6 Å². The molecule has 0 saturated carbocycles. The van der Waals surface area contributed by atoms with Gasteiger partial charge in [0.05, 0.1) is 12.1 Å². The number of nitrogens with one attached hydrogen (secondary N) is 2. The zero-order valence-corrected chi connectivity index (χ0v) is 26.1. The number of carbonyl (C=O) groups is 2. The molecule has 0 unspecified atom stereocenters. The van der Waals surface area contributed by atoms with Gasteiger partial charge in [0.1, 0.15) is 5.01 Å². The second-order valence-corrected chi connectivity index (χ2v) is 11.3. The van der Waals surface area contributed by atoms with E-state index in [2.05, 4.69) is 62.7 Å². The van der Waals surface area contributed by atoms with Gasteiger partial charge in [-0.2, -0.15) is 5.10 Å². The topological polar surface area (TPSA) is 113 Å². The van der Waals surface area contributed by atoms with Crippen molar-refractivity contribution in [1.29, 1.82) is 0 Å². The summed E-state index contributed by atoms with van der Waals surface area (Å²) in [6.45, 7) is 12.2. The molecule has 9 nitrogen and oxygen atoms in total. The summed E-state index contributed by atoms with van der Waals surface area (Å²) in [7, 11) is 1.81. The van der Waals surface area contributed by atoms with E-state index in [1.807, 2.05) is 45.2 Å². The number of carbonyl (C=O) groups excluding carboxylic acids is 2. The molecule has 0 fully saturated rings. The van der Waals surface area contributed by atoms with E-state index in [1.165, 1.54) is 11.3 Å². The summed E-state index contributed by atoms with van der Waals surface area (Å²) in [4.78, 5) is 25.6. The third kappa shape index (κ3) is 10.7. The number of aryl methyl sites for hydroxylation is 3. The largest absolute Gasteiger partial charge is 0.342 e. The van der Waals surface area contributed by atoms with E-state index in [0.717, 1.165) is 69.5 Å². The first-order chi connectivity index (χ1) is 20.2. The molecular formula is C32H41N7O2S. The van der Waals surface area contributed by atoms with Crippen LogP contribution in [0, 0.1) is 6.92 Å². The first kappa shape index (κ1) is 32.3. The molecule has 2 heterocycles. The van der Waals surface area contributed by atoms with Gasteiger partial charge >= 0.3 is 0 Å². The van der Waals surface area contributed by atoms with Crippen molar-refractivity contribution in [2.45, 2.75) is 72.8 Å². The second kappa shape index (κ2) is 16.3. The van der Waals surface area contributed by atoms with Crippen LogP contribution in [0.4, 0.5) is 10.9 Å². The number of amides is 2. The van der Waals surface area contributed by atoms with Gasteiger partial charge in [0, 0.05) is 39.1 Å². The molecule has 42 heavy (non-hydrogen) atoms. The maximum atomic E-state index is 12.2. The standard InChI is InChI=1S/C32H41N7O2S/c1-7-11-25(8-2)20-30(41)34-29-17-16-28(35-36-29)12-9-10-13-31-37-38-32(42-31)33-23(4)18-26-15-14-22(3)27(19-26)21-39(6)24(5)40/h7-8,11,14-17,19H,4,9-10,12-13,18,20-21H2,1-3,5-6H3,(H,33,38)(H,34,36,41)/b11-7-,25-8+. The maximum absolute atomic E-state index is 12.2. The molecule has 0 aliphatic rings. The molecule has 0 aliphatic carbocycles. The number of aromatic nitrogens is 4. The molecule has 10 heteroatoms. The molecule has 0 spiro atoms. The summed E-state index contributed by atoms with van der Waals surface area (Å²) in [5.41, 5.74) is 6.09. The van der Waals surface area contributed by atoms with Crippen molar-refractivity contribution < 1.29 is 9.59 Å². The lowest BCUT2D eigenvalue weighted by Gasteiger charge is -2.17. The highest BCUT2D eigenvalue weighted by Crippen LogP contribution is 2.21. The van der Waals surface area contributed by atoms with E-state index in [0.29, 0.717) is 25.2 Å². The molecule has 0 aliphatic heterocycles. The quantitative estimate of drug-likeness (QED) is 0.161. The summed E-state index contributed by atoms with van der Waals surface area (Å²) in [6, 6.07) is 10.0. The molecule has 1 aromatic carbocycles. The van der Waals surface area contributed by atoms with Gasteiger partial charge in [-0.1, -0.05) is 54.3 Å². The lowest BCUT2D eigenvalue weighted by Crippen LogP contribution is -2.23. The van der Waals surface area contributed by atoms with Crippen molar-refractivity contribution in [3.63, 3.8) is 0 Å². The predicted octanol–water partition coefficient (Wildman–Crippen LogP) is 6.20. The number of unbranched alkanes of at least 4 members (excludes halogenated alkanes) is 1. The maximum Gasteiger partial charge on any atom is 0.229 e. The van der Waals surface area contributed by atoms with Gasteiger partial charge in [-0.15, -0.1) is 15.3 Å². The minimum atomic E-state index is -0.115. The third-order valence-corrected chi connectivity index (χ3v) is 7.60. The fourth-order valence-electron chi connectivity index (χ4n) is 4.20. The van der Waals surface area contributed by atoms with Crippen LogP contribution >= 0.6 is 11.3 Å². The normalized spacial score (nSPS) is 11.5. The first-order valence-electron chi connectivity index (χ1n) is 14.1. The lowest BCUT2D eigenvalue weighted by molar-refractivity contribution is -0.128. The molecular weight excluding hydrogens is 546 g/mol. The van der Waals surface area contributed by atoms with Crippen molar-refractivity contribution in [3.8, 4) is 0 Å². The van der Waals surface area contributed by atoms with E-state index < -0.39 is 0 Å². The second-order valence-electron chi connectivity index (χ2n) is 10.2. The van der Waals surface area contributed by atoms with Crippen molar-refractivity contribution in [2.75, 3.05) is 17.7 Å². The van der Waals surface area contributed by atoms with Gasteiger partial charge in [-0.05, 0) is 74.4 Å². The zero-order chi connectivity index (χ0) is 30.5. The Kier molecular flexibility index (Phi) is 12.6. The van der Waals surface area contributed by atoms with E-state index in [9.17, 15) is 9.59 Å². The van der Waals surface area contributed by atoms with Gasteiger partial charge in [0.25, 0.3) is 0 Å². The van der Waals surface area contributed by atoms with Gasteiger partial charge in [-0.25, -0.2) is 0 Å². The Morgan fingerprint density at radius 1 is 1.02 bits per heavy atom. The van der Waals surface area contributed by atoms with Crippen molar-refractivity contribution in [3.05, 3.63) is 93.8 Å². The average Bonchev–Trinajstić information content (AvgIpc) is 3.40. The Hall–Kier alpha value is -4.18. The van der Waals surface area contributed by atoms with E-state index >= 15 is 0 Å². The SMILES string of the molecule is C=C(Cc1ccc(C)c(CN(C)C(C)=O)c1)Nc1nnc(CCCCc2ccc(NC(=O)CC(/C=C\C)=C/C)nn2)s1. The number of anilines is 2. The van der Waals surface area contributed by atoms with Crippen molar-refractivity contribution in [1.82, 2.24) is 25.3 Å². The van der Waals surface area contributed by atoms with Crippen molar-refractivity contribution >= 4 is 34.1 Å². The summed E-state index contributed by atoms with van der Waals surface area (Å²) in [5, 5.41) is 24.8. The number of allylic oxidation sites excluding steroid dienone is 4. The monoisotopic (exact) mass is 587 g/mol. The summed E-state index contributed by atoms with van der Waals surface area (Å²) < 4.78 is 0. The summed E-state index contributed by atoms with van der Waals surface area (Å²) >= 11 is 1.54. The Morgan fingerprint density at radius 3 is 2.50 bits per heavy atom. The first-order valence-corrected chi connectivity index (χ1v) is 15.0. The number of hydrogen-bond acceptors (Lipinski definition) is 8. The van der Waals surface area contributed by atoms with Gasteiger partial charge in [0.2, 0.25) is 16.9 Å².